The van der Waals surface area contributed by atoms with Gasteiger partial charge in [-0.3, -0.25) is 9.78 Å². The Morgan fingerprint density at radius 1 is 1.42 bits per heavy atom. The van der Waals surface area contributed by atoms with Crippen molar-refractivity contribution in [3.05, 3.63) is 29.6 Å². The van der Waals surface area contributed by atoms with Crippen LogP contribution in [0.4, 0.5) is 0 Å². The Kier molecular flexibility index (Phi) is 4.91. The lowest BCUT2D eigenvalue weighted by molar-refractivity contribution is 0.0909. The first-order chi connectivity index (χ1) is 9.20. The molecule has 1 heterocycles. The number of hydrogen-bond donors (Lipinski definition) is 2. The van der Waals surface area contributed by atoms with E-state index in [9.17, 15) is 9.90 Å². The van der Waals surface area contributed by atoms with E-state index in [2.05, 4.69) is 10.3 Å². The van der Waals surface area contributed by atoms with Crippen LogP contribution in [-0.4, -0.2) is 29.1 Å². The zero-order valence-electron chi connectivity index (χ0n) is 11.4. The predicted molar refractivity (Wildman–Crippen MR) is 73.8 cm³/mol. The molecule has 1 fully saturated rings. The summed E-state index contributed by atoms with van der Waals surface area (Å²) in [6.45, 7) is 2.76. The fourth-order valence-electron chi connectivity index (χ4n) is 2.81. The molecule has 0 spiro atoms. The topological polar surface area (TPSA) is 62.2 Å². The molecule has 0 aromatic carbocycles. The van der Waals surface area contributed by atoms with E-state index in [1.54, 1.807) is 18.3 Å². The van der Waals surface area contributed by atoms with Crippen molar-refractivity contribution in [3.63, 3.8) is 0 Å². The Bertz CT molecular complexity index is 434. The molecule has 1 amide bonds. The zero-order valence-corrected chi connectivity index (χ0v) is 11.4. The largest absolute Gasteiger partial charge is 0.396 e. The molecule has 4 heteroatoms. The second-order valence-electron chi connectivity index (χ2n) is 5.38. The molecule has 4 nitrogen and oxygen atoms in total. The van der Waals surface area contributed by atoms with Crippen LogP contribution in [0.5, 0.6) is 0 Å². The highest BCUT2D eigenvalue weighted by molar-refractivity contribution is 5.94. The number of carbonyl (C=O) groups is 1. The highest BCUT2D eigenvalue weighted by Gasteiger charge is 2.24. The maximum atomic E-state index is 12.0. The van der Waals surface area contributed by atoms with E-state index in [1.165, 1.54) is 12.8 Å². The minimum atomic E-state index is -0.0484. The maximum Gasteiger partial charge on any atom is 0.251 e. The molecule has 104 valence electrons. The van der Waals surface area contributed by atoms with Gasteiger partial charge in [0.25, 0.3) is 5.91 Å². The number of amides is 1. The summed E-state index contributed by atoms with van der Waals surface area (Å²) in [6.07, 6.45) is 6.22. The number of aliphatic hydroxyl groups excluding tert-OH is 1. The van der Waals surface area contributed by atoms with Crippen molar-refractivity contribution in [1.82, 2.24) is 10.3 Å². The Morgan fingerprint density at radius 3 is 2.84 bits per heavy atom. The van der Waals surface area contributed by atoms with E-state index < -0.39 is 0 Å². The SMILES string of the molecule is Cc1cc(C(=O)NCC2CCCCC2CO)ccn1. The van der Waals surface area contributed by atoms with Gasteiger partial charge < -0.3 is 10.4 Å². The van der Waals surface area contributed by atoms with Crippen LogP contribution < -0.4 is 5.32 Å². The minimum absolute atomic E-state index is 0.0484. The molecule has 0 radical (unpaired) electrons. The van der Waals surface area contributed by atoms with Crippen molar-refractivity contribution in [2.45, 2.75) is 32.6 Å². The fraction of sp³-hybridized carbons (Fsp3) is 0.600. The molecule has 0 bridgehead atoms. The van der Waals surface area contributed by atoms with Crippen LogP contribution in [0, 0.1) is 18.8 Å². The number of pyridine rings is 1. The molecule has 2 atom stereocenters. The summed E-state index contributed by atoms with van der Waals surface area (Å²) in [7, 11) is 0. The van der Waals surface area contributed by atoms with E-state index in [0.717, 1.165) is 18.5 Å². The van der Waals surface area contributed by atoms with Gasteiger partial charge in [0.1, 0.15) is 0 Å². The Hall–Kier alpha value is -1.42. The van der Waals surface area contributed by atoms with Crippen molar-refractivity contribution in [1.29, 1.82) is 0 Å². The zero-order chi connectivity index (χ0) is 13.7. The molecular weight excluding hydrogens is 240 g/mol. The minimum Gasteiger partial charge on any atom is -0.396 e. The van der Waals surface area contributed by atoms with Crippen LogP contribution in [0.25, 0.3) is 0 Å². The molecule has 2 N–H and O–H groups in total. The van der Waals surface area contributed by atoms with E-state index in [4.69, 9.17) is 0 Å². The van der Waals surface area contributed by atoms with Crippen LogP contribution in [-0.2, 0) is 0 Å². The lowest BCUT2D eigenvalue weighted by Crippen LogP contribution is -2.35. The lowest BCUT2D eigenvalue weighted by Gasteiger charge is -2.30. The third-order valence-corrected chi connectivity index (χ3v) is 3.98. The molecule has 19 heavy (non-hydrogen) atoms. The van der Waals surface area contributed by atoms with Crippen LogP contribution >= 0.6 is 0 Å². The maximum absolute atomic E-state index is 12.0. The first kappa shape index (κ1) is 14.0. The third-order valence-electron chi connectivity index (χ3n) is 3.98. The summed E-state index contributed by atoms with van der Waals surface area (Å²) >= 11 is 0. The van der Waals surface area contributed by atoms with E-state index in [1.807, 2.05) is 6.92 Å². The molecular formula is C15H22N2O2. The van der Waals surface area contributed by atoms with Gasteiger partial charge in [-0.15, -0.1) is 0 Å². The van der Waals surface area contributed by atoms with Gasteiger partial charge in [-0.1, -0.05) is 12.8 Å². The smallest absolute Gasteiger partial charge is 0.251 e. The van der Waals surface area contributed by atoms with Crippen LogP contribution in [0.15, 0.2) is 18.3 Å². The molecule has 0 aliphatic heterocycles. The van der Waals surface area contributed by atoms with Gasteiger partial charge in [-0.25, -0.2) is 0 Å². The predicted octanol–water partition coefficient (Wildman–Crippen LogP) is 1.92. The molecule has 1 aromatic rings. The van der Waals surface area contributed by atoms with Gasteiger partial charge in [-0.2, -0.15) is 0 Å². The Labute approximate surface area is 114 Å². The van der Waals surface area contributed by atoms with Crippen molar-refractivity contribution < 1.29 is 9.90 Å². The second-order valence-corrected chi connectivity index (χ2v) is 5.38. The third kappa shape index (κ3) is 3.77. The first-order valence-corrected chi connectivity index (χ1v) is 7.02. The number of carbonyl (C=O) groups excluding carboxylic acids is 1. The van der Waals surface area contributed by atoms with Crippen LogP contribution in [0.1, 0.15) is 41.7 Å². The summed E-state index contributed by atoms with van der Waals surface area (Å²) < 4.78 is 0. The summed E-state index contributed by atoms with van der Waals surface area (Å²) in [5.41, 5.74) is 1.50. The van der Waals surface area contributed by atoms with Crippen LogP contribution in [0.3, 0.4) is 0 Å². The summed E-state index contributed by atoms with van der Waals surface area (Å²) in [4.78, 5) is 16.1. The molecule has 1 saturated carbocycles. The van der Waals surface area contributed by atoms with Crippen molar-refractivity contribution >= 4 is 5.91 Å². The molecule has 1 aliphatic rings. The summed E-state index contributed by atoms with van der Waals surface area (Å²) in [6, 6.07) is 3.52. The first-order valence-electron chi connectivity index (χ1n) is 7.02. The molecule has 1 aliphatic carbocycles. The van der Waals surface area contributed by atoms with Gasteiger partial charge in [0, 0.05) is 30.6 Å². The van der Waals surface area contributed by atoms with E-state index >= 15 is 0 Å². The molecule has 2 unspecified atom stereocenters. The average molecular weight is 262 g/mol. The summed E-state index contributed by atoms with van der Waals surface area (Å²) in [5, 5.41) is 12.3. The average Bonchev–Trinajstić information content (AvgIpc) is 2.45. The van der Waals surface area contributed by atoms with Gasteiger partial charge >= 0.3 is 0 Å². The molecule has 0 saturated heterocycles. The standard InChI is InChI=1S/C15H22N2O2/c1-11-8-12(6-7-16-11)15(19)17-9-13-4-2-3-5-14(13)10-18/h6-8,13-14,18H,2-5,9-10H2,1H3,(H,17,19). The molecule has 2 rings (SSSR count). The number of aromatic nitrogens is 1. The highest BCUT2D eigenvalue weighted by Crippen LogP contribution is 2.29. The highest BCUT2D eigenvalue weighted by atomic mass is 16.3. The normalized spacial score (nSPS) is 23.1. The number of rotatable bonds is 4. The summed E-state index contributed by atoms with van der Waals surface area (Å²) in [5.74, 6) is 0.701. The Balaban J connectivity index is 1.89. The monoisotopic (exact) mass is 262 g/mol. The van der Waals surface area contributed by atoms with Gasteiger partial charge in [0.2, 0.25) is 0 Å². The van der Waals surface area contributed by atoms with Gasteiger partial charge in [0.05, 0.1) is 0 Å². The number of aliphatic hydroxyl groups is 1. The fourth-order valence-corrected chi connectivity index (χ4v) is 2.81. The van der Waals surface area contributed by atoms with Crippen molar-refractivity contribution in [3.8, 4) is 0 Å². The molecule has 1 aromatic heterocycles. The van der Waals surface area contributed by atoms with E-state index in [-0.39, 0.29) is 12.5 Å². The second kappa shape index (κ2) is 6.66. The van der Waals surface area contributed by atoms with Crippen molar-refractivity contribution in [2.75, 3.05) is 13.2 Å². The number of nitrogens with zero attached hydrogens (tertiary/aromatic N) is 1. The van der Waals surface area contributed by atoms with Crippen LogP contribution in [0.2, 0.25) is 0 Å². The van der Waals surface area contributed by atoms with Gasteiger partial charge in [-0.05, 0) is 43.7 Å². The number of hydrogen-bond acceptors (Lipinski definition) is 3. The van der Waals surface area contributed by atoms with E-state index in [0.29, 0.717) is 23.9 Å². The van der Waals surface area contributed by atoms with Crippen molar-refractivity contribution in [2.24, 2.45) is 11.8 Å². The van der Waals surface area contributed by atoms with Gasteiger partial charge in [0.15, 0.2) is 0 Å². The Morgan fingerprint density at radius 2 is 2.16 bits per heavy atom. The number of aryl methyl sites for hydroxylation is 1. The number of nitrogens with one attached hydrogen (secondary N) is 1. The quantitative estimate of drug-likeness (QED) is 0.871. The lowest BCUT2D eigenvalue weighted by atomic mass is 9.79.